The Bertz CT molecular complexity index is 366. The van der Waals surface area contributed by atoms with E-state index in [1.165, 1.54) is 0 Å². The molecule has 0 fully saturated rings. The molecular weight excluding hydrogens is 224 g/mol. The second-order valence-corrected chi connectivity index (χ2v) is 3.41. The molecule has 0 aromatic heterocycles. The van der Waals surface area contributed by atoms with Crippen LogP contribution in [0.2, 0.25) is 0 Å². The fourth-order valence-corrected chi connectivity index (χ4v) is 1.32. The summed E-state index contributed by atoms with van der Waals surface area (Å²) in [5.74, 6) is 4.34. The zero-order valence-corrected chi connectivity index (χ0v) is 9.46. The molecule has 0 amide bonds. The highest BCUT2D eigenvalue weighted by atomic mass is 16.5. The predicted octanol–water partition coefficient (Wildman–Crippen LogP) is -0.0704. The zero-order valence-electron chi connectivity index (χ0n) is 9.46. The summed E-state index contributed by atoms with van der Waals surface area (Å²) < 4.78 is 4.61. The molecule has 2 unspecified atom stereocenters. The molecular formula is C11H16N2O4. The molecule has 6 heteroatoms. The second-order valence-electron chi connectivity index (χ2n) is 3.41. The number of ether oxygens (including phenoxy) is 1. The number of hydrazine groups is 1. The Morgan fingerprint density at radius 3 is 2.47 bits per heavy atom. The largest absolute Gasteiger partial charge is 0.464 e. The number of carbonyl (C=O) groups is 1. The SMILES string of the molecule is CCOC(=O)C(O)C(O)c1ccc(NN)cc1. The molecule has 0 saturated carbocycles. The number of nitrogens with two attached hydrogens (primary N) is 1. The summed E-state index contributed by atoms with van der Waals surface area (Å²) in [6.45, 7) is 1.78. The van der Waals surface area contributed by atoms with Crippen LogP contribution < -0.4 is 11.3 Å². The van der Waals surface area contributed by atoms with Crippen LogP contribution in [0.5, 0.6) is 0 Å². The number of hydrogen-bond donors (Lipinski definition) is 4. The number of esters is 1. The summed E-state index contributed by atoms with van der Waals surface area (Å²) in [5.41, 5.74) is 3.50. The number of benzene rings is 1. The Kier molecular flexibility index (Phi) is 4.89. The number of anilines is 1. The summed E-state index contributed by atoms with van der Waals surface area (Å²) in [6, 6.07) is 6.36. The molecule has 5 N–H and O–H groups in total. The van der Waals surface area contributed by atoms with E-state index in [0.29, 0.717) is 11.3 Å². The number of hydrogen-bond acceptors (Lipinski definition) is 6. The second kappa shape index (κ2) is 6.19. The van der Waals surface area contributed by atoms with Crippen molar-refractivity contribution in [2.75, 3.05) is 12.0 Å². The summed E-state index contributed by atoms with van der Waals surface area (Å²) >= 11 is 0. The van der Waals surface area contributed by atoms with Gasteiger partial charge in [-0.2, -0.15) is 0 Å². The van der Waals surface area contributed by atoms with Crippen LogP contribution in [0, 0.1) is 0 Å². The van der Waals surface area contributed by atoms with Crippen LogP contribution in [-0.4, -0.2) is 28.9 Å². The lowest BCUT2D eigenvalue weighted by molar-refractivity contribution is -0.159. The molecule has 0 spiro atoms. The number of nitrogens with one attached hydrogen (secondary N) is 1. The quantitative estimate of drug-likeness (QED) is 0.326. The van der Waals surface area contributed by atoms with Crippen LogP contribution in [0.25, 0.3) is 0 Å². The molecule has 1 rings (SSSR count). The Balaban J connectivity index is 2.73. The van der Waals surface area contributed by atoms with E-state index in [1.807, 2.05) is 0 Å². The smallest absolute Gasteiger partial charge is 0.338 e. The first-order valence-electron chi connectivity index (χ1n) is 5.19. The first-order chi connectivity index (χ1) is 8.10. The van der Waals surface area contributed by atoms with Gasteiger partial charge in [0.1, 0.15) is 6.10 Å². The van der Waals surface area contributed by atoms with Gasteiger partial charge < -0.3 is 20.4 Å². The molecule has 2 atom stereocenters. The van der Waals surface area contributed by atoms with Gasteiger partial charge in [0.05, 0.1) is 6.61 Å². The van der Waals surface area contributed by atoms with Crippen LogP contribution in [0.3, 0.4) is 0 Å². The number of nitrogen functional groups attached to an aromatic ring is 1. The minimum Gasteiger partial charge on any atom is -0.464 e. The van der Waals surface area contributed by atoms with E-state index in [2.05, 4.69) is 10.2 Å². The highest BCUT2D eigenvalue weighted by molar-refractivity contribution is 5.75. The first kappa shape index (κ1) is 13.4. The average Bonchev–Trinajstić information content (AvgIpc) is 2.37. The van der Waals surface area contributed by atoms with Gasteiger partial charge >= 0.3 is 5.97 Å². The van der Waals surface area contributed by atoms with Crippen molar-refractivity contribution in [3.8, 4) is 0 Å². The van der Waals surface area contributed by atoms with Crippen LogP contribution in [0.1, 0.15) is 18.6 Å². The third-order valence-corrected chi connectivity index (χ3v) is 2.25. The van der Waals surface area contributed by atoms with Gasteiger partial charge in [-0.25, -0.2) is 4.79 Å². The molecule has 1 aromatic carbocycles. The lowest BCUT2D eigenvalue weighted by Gasteiger charge is -2.16. The minimum atomic E-state index is -1.59. The molecule has 94 valence electrons. The van der Waals surface area contributed by atoms with E-state index >= 15 is 0 Å². The van der Waals surface area contributed by atoms with Gasteiger partial charge in [0.25, 0.3) is 0 Å². The van der Waals surface area contributed by atoms with Crippen molar-refractivity contribution in [3.63, 3.8) is 0 Å². The normalized spacial score (nSPS) is 13.9. The highest BCUT2D eigenvalue weighted by Gasteiger charge is 2.26. The predicted molar refractivity (Wildman–Crippen MR) is 61.9 cm³/mol. The fourth-order valence-electron chi connectivity index (χ4n) is 1.32. The van der Waals surface area contributed by atoms with Crippen molar-refractivity contribution < 1.29 is 19.7 Å². The third kappa shape index (κ3) is 3.42. The Morgan fingerprint density at radius 2 is 2.00 bits per heavy atom. The lowest BCUT2D eigenvalue weighted by atomic mass is 10.0. The molecule has 0 heterocycles. The number of carbonyl (C=O) groups excluding carboxylic acids is 1. The summed E-state index contributed by atoms with van der Waals surface area (Å²) in [5, 5.41) is 19.3. The monoisotopic (exact) mass is 240 g/mol. The summed E-state index contributed by atoms with van der Waals surface area (Å²) in [4.78, 5) is 11.2. The summed E-state index contributed by atoms with van der Waals surface area (Å²) in [6.07, 6.45) is -2.91. The number of aliphatic hydroxyl groups is 2. The van der Waals surface area contributed by atoms with E-state index in [4.69, 9.17) is 5.84 Å². The maximum Gasteiger partial charge on any atom is 0.338 e. The van der Waals surface area contributed by atoms with Gasteiger partial charge in [0.2, 0.25) is 0 Å². The van der Waals surface area contributed by atoms with Crippen molar-refractivity contribution in [2.45, 2.75) is 19.1 Å². The van der Waals surface area contributed by atoms with Crippen molar-refractivity contribution in [1.82, 2.24) is 0 Å². The van der Waals surface area contributed by atoms with E-state index in [9.17, 15) is 15.0 Å². The lowest BCUT2D eigenvalue weighted by Crippen LogP contribution is -2.29. The molecule has 1 aromatic rings. The Morgan fingerprint density at radius 1 is 1.41 bits per heavy atom. The fraction of sp³-hybridized carbons (Fsp3) is 0.364. The van der Waals surface area contributed by atoms with Crippen LogP contribution >= 0.6 is 0 Å². The van der Waals surface area contributed by atoms with Crippen molar-refractivity contribution in [3.05, 3.63) is 29.8 Å². The number of rotatable bonds is 5. The topological polar surface area (TPSA) is 105 Å². The van der Waals surface area contributed by atoms with Crippen molar-refractivity contribution in [1.29, 1.82) is 0 Å². The number of aliphatic hydroxyl groups excluding tert-OH is 2. The molecule has 0 aliphatic carbocycles. The van der Waals surface area contributed by atoms with E-state index in [-0.39, 0.29) is 6.61 Å². The average molecular weight is 240 g/mol. The van der Waals surface area contributed by atoms with Gasteiger partial charge in [0, 0.05) is 5.69 Å². The summed E-state index contributed by atoms with van der Waals surface area (Å²) in [7, 11) is 0. The molecule has 6 nitrogen and oxygen atoms in total. The molecule has 0 radical (unpaired) electrons. The van der Waals surface area contributed by atoms with Gasteiger partial charge in [-0.15, -0.1) is 0 Å². The highest BCUT2D eigenvalue weighted by Crippen LogP contribution is 2.19. The zero-order chi connectivity index (χ0) is 12.8. The standard InChI is InChI=1S/C11H16N2O4/c1-2-17-11(16)10(15)9(14)7-3-5-8(13-12)6-4-7/h3-6,9-10,13-15H,2,12H2,1H3. The molecule has 0 bridgehead atoms. The van der Waals surface area contributed by atoms with Gasteiger partial charge in [-0.1, -0.05) is 12.1 Å². The van der Waals surface area contributed by atoms with Crippen molar-refractivity contribution in [2.24, 2.45) is 5.84 Å². The molecule has 0 aliphatic rings. The third-order valence-electron chi connectivity index (χ3n) is 2.25. The molecule has 0 saturated heterocycles. The maximum atomic E-state index is 11.2. The van der Waals surface area contributed by atoms with Gasteiger partial charge in [0.15, 0.2) is 6.10 Å². The van der Waals surface area contributed by atoms with Crippen LogP contribution in [0.4, 0.5) is 5.69 Å². The van der Waals surface area contributed by atoms with Crippen LogP contribution in [0.15, 0.2) is 24.3 Å². The van der Waals surface area contributed by atoms with Crippen molar-refractivity contribution >= 4 is 11.7 Å². The van der Waals surface area contributed by atoms with Crippen LogP contribution in [-0.2, 0) is 9.53 Å². The first-order valence-corrected chi connectivity index (χ1v) is 5.19. The molecule has 17 heavy (non-hydrogen) atoms. The molecule has 0 aliphatic heterocycles. The minimum absolute atomic E-state index is 0.151. The Labute approximate surface area is 99.0 Å². The van der Waals surface area contributed by atoms with Gasteiger partial charge in [-0.05, 0) is 24.6 Å². The maximum absolute atomic E-state index is 11.2. The van der Waals surface area contributed by atoms with E-state index in [0.717, 1.165) is 0 Å². The Hall–Kier alpha value is -1.63. The van der Waals surface area contributed by atoms with Gasteiger partial charge in [-0.3, -0.25) is 5.84 Å². The van der Waals surface area contributed by atoms with E-state index in [1.54, 1.807) is 31.2 Å². The van der Waals surface area contributed by atoms with E-state index < -0.39 is 18.2 Å².